The Bertz CT molecular complexity index is 647. The van der Waals surface area contributed by atoms with Gasteiger partial charge in [-0.15, -0.1) is 0 Å². The number of anilines is 2. The minimum Gasteiger partial charge on any atom is -0.399 e. The van der Waals surface area contributed by atoms with Gasteiger partial charge in [-0.25, -0.2) is 0 Å². The molecule has 0 bridgehead atoms. The zero-order valence-electron chi connectivity index (χ0n) is 9.58. The predicted molar refractivity (Wildman–Crippen MR) is 85.7 cm³/mol. The molecule has 0 atom stereocenters. The van der Waals surface area contributed by atoms with E-state index in [4.69, 9.17) is 17.3 Å². The van der Waals surface area contributed by atoms with Crippen molar-refractivity contribution in [1.82, 2.24) is 0 Å². The Morgan fingerprint density at radius 1 is 1.11 bits per heavy atom. The molecule has 0 aliphatic heterocycles. The standard InChI is InChI=1S/C13H9Br2ClN2O/c14-9-3-1-7(5-11(9)16)13(19)18-12-6-8(17)2-4-10(12)15/h1-6H,17H2,(H,18,19). The molecule has 19 heavy (non-hydrogen) atoms. The van der Waals surface area contributed by atoms with Crippen molar-refractivity contribution in [2.45, 2.75) is 0 Å². The topological polar surface area (TPSA) is 55.1 Å². The zero-order chi connectivity index (χ0) is 14.0. The fraction of sp³-hybridized carbons (Fsp3) is 0. The summed E-state index contributed by atoms with van der Waals surface area (Å²) >= 11 is 12.6. The summed E-state index contributed by atoms with van der Waals surface area (Å²) in [5.74, 6) is -0.249. The van der Waals surface area contributed by atoms with E-state index in [2.05, 4.69) is 37.2 Å². The number of hydrogen-bond donors (Lipinski definition) is 2. The molecule has 2 rings (SSSR count). The van der Waals surface area contributed by atoms with Crippen LogP contribution in [0, 0.1) is 0 Å². The second-order valence-corrected chi connectivity index (χ2v) is 5.94. The lowest BCUT2D eigenvalue weighted by Crippen LogP contribution is -2.12. The van der Waals surface area contributed by atoms with Crippen LogP contribution in [0.15, 0.2) is 45.3 Å². The average Bonchev–Trinajstić information content (AvgIpc) is 2.37. The number of nitrogens with one attached hydrogen (secondary N) is 1. The first-order chi connectivity index (χ1) is 8.97. The maximum atomic E-state index is 12.1. The maximum absolute atomic E-state index is 12.1. The molecule has 0 aliphatic carbocycles. The molecule has 6 heteroatoms. The van der Waals surface area contributed by atoms with Gasteiger partial charge < -0.3 is 11.1 Å². The molecule has 0 saturated heterocycles. The largest absolute Gasteiger partial charge is 0.399 e. The van der Waals surface area contributed by atoms with Crippen LogP contribution in [-0.2, 0) is 0 Å². The van der Waals surface area contributed by atoms with Crippen LogP contribution in [0.1, 0.15) is 10.4 Å². The van der Waals surface area contributed by atoms with Crippen LogP contribution >= 0.6 is 43.5 Å². The van der Waals surface area contributed by atoms with Gasteiger partial charge in [0.1, 0.15) is 0 Å². The summed E-state index contributed by atoms with van der Waals surface area (Å²) in [6.07, 6.45) is 0. The molecule has 98 valence electrons. The smallest absolute Gasteiger partial charge is 0.255 e. The first-order valence-corrected chi connectivity index (χ1v) is 7.25. The van der Waals surface area contributed by atoms with Crippen LogP contribution in [0.5, 0.6) is 0 Å². The number of amides is 1. The number of nitrogen functional groups attached to an aromatic ring is 1. The Kier molecular flexibility index (Phi) is 4.50. The van der Waals surface area contributed by atoms with Crippen LogP contribution in [-0.4, -0.2) is 5.91 Å². The third kappa shape index (κ3) is 3.49. The summed E-state index contributed by atoms with van der Waals surface area (Å²) < 4.78 is 1.51. The molecule has 0 aliphatic rings. The van der Waals surface area contributed by atoms with Gasteiger partial charge in [0, 0.05) is 20.2 Å². The highest BCUT2D eigenvalue weighted by Crippen LogP contribution is 2.27. The normalized spacial score (nSPS) is 10.3. The number of carbonyl (C=O) groups is 1. The lowest BCUT2D eigenvalue weighted by Gasteiger charge is -2.09. The molecular weight excluding hydrogens is 395 g/mol. The van der Waals surface area contributed by atoms with E-state index in [0.29, 0.717) is 22.0 Å². The van der Waals surface area contributed by atoms with Gasteiger partial charge in [0.05, 0.1) is 10.7 Å². The van der Waals surface area contributed by atoms with Gasteiger partial charge in [0.15, 0.2) is 0 Å². The number of rotatable bonds is 2. The Balaban J connectivity index is 2.25. The fourth-order valence-electron chi connectivity index (χ4n) is 1.47. The van der Waals surface area contributed by atoms with Gasteiger partial charge in [0.25, 0.3) is 5.91 Å². The van der Waals surface area contributed by atoms with Crippen LogP contribution in [0.4, 0.5) is 11.4 Å². The molecule has 0 heterocycles. The Hall–Kier alpha value is -1.04. The minimum atomic E-state index is -0.249. The van der Waals surface area contributed by atoms with Crippen molar-refractivity contribution < 1.29 is 4.79 Å². The fourth-order valence-corrected chi connectivity index (χ4v) is 2.24. The van der Waals surface area contributed by atoms with Crippen molar-refractivity contribution in [1.29, 1.82) is 0 Å². The molecule has 0 saturated carbocycles. The minimum absolute atomic E-state index is 0.249. The summed E-state index contributed by atoms with van der Waals surface area (Å²) in [6.45, 7) is 0. The van der Waals surface area contributed by atoms with E-state index >= 15 is 0 Å². The van der Waals surface area contributed by atoms with Gasteiger partial charge in [-0.2, -0.15) is 0 Å². The van der Waals surface area contributed by atoms with E-state index in [9.17, 15) is 4.79 Å². The SMILES string of the molecule is Nc1ccc(Br)c(NC(=O)c2ccc(Br)c(Cl)c2)c1. The van der Waals surface area contributed by atoms with Crippen molar-refractivity contribution in [3.05, 3.63) is 55.9 Å². The van der Waals surface area contributed by atoms with E-state index in [0.717, 1.165) is 8.95 Å². The van der Waals surface area contributed by atoms with Gasteiger partial charge in [0.2, 0.25) is 0 Å². The third-order valence-electron chi connectivity index (χ3n) is 2.42. The summed E-state index contributed by atoms with van der Waals surface area (Å²) in [5, 5.41) is 3.26. The van der Waals surface area contributed by atoms with E-state index in [-0.39, 0.29) is 5.91 Å². The van der Waals surface area contributed by atoms with E-state index in [1.807, 2.05) is 0 Å². The second-order valence-electron chi connectivity index (χ2n) is 3.82. The molecule has 1 amide bonds. The lowest BCUT2D eigenvalue weighted by molar-refractivity contribution is 0.102. The summed E-state index contributed by atoms with van der Waals surface area (Å²) in [5.41, 5.74) is 7.35. The summed E-state index contributed by atoms with van der Waals surface area (Å²) in [6, 6.07) is 10.2. The van der Waals surface area contributed by atoms with Crippen molar-refractivity contribution in [2.24, 2.45) is 0 Å². The molecule has 3 N–H and O–H groups in total. The highest BCUT2D eigenvalue weighted by atomic mass is 79.9. The molecule has 0 spiro atoms. The monoisotopic (exact) mass is 402 g/mol. The number of hydrogen-bond acceptors (Lipinski definition) is 2. The van der Waals surface area contributed by atoms with Crippen LogP contribution in [0.2, 0.25) is 5.02 Å². The quantitative estimate of drug-likeness (QED) is 0.713. The van der Waals surface area contributed by atoms with Crippen molar-refractivity contribution in [2.75, 3.05) is 11.1 Å². The van der Waals surface area contributed by atoms with Gasteiger partial charge in [-0.3, -0.25) is 4.79 Å². The molecule has 0 aromatic heterocycles. The number of benzene rings is 2. The first-order valence-electron chi connectivity index (χ1n) is 5.29. The van der Waals surface area contributed by atoms with Gasteiger partial charge in [-0.1, -0.05) is 11.6 Å². The molecule has 0 radical (unpaired) electrons. The molecule has 0 unspecified atom stereocenters. The maximum Gasteiger partial charge on any atom is 0.255 e. The van der Waals surface area contributed by atoms with E-state index in [1.54, 1.807) is 36.4 Å². The number of halogens is 3. The number of nitrogens with two attached hydrogens (primary N) is 1. The first kappa shape index (κ1) is 14.4. The molecular formula is C13H9Br2ClN2O. The highest BCUT2D eigenvalue weighted by Gasteiger charge is 2.10. The van der Waals surface area contributed by atoms with Crippen LogP contribution in [0.3, 0.4) is 0 Å². The van der Waals surface area contributed by atoms with E-state index in [1.165, 1.54) is 0 Å². The molecule has 3 nitrogen and oxygen atoms in total. The Labute approximate surface area is 132 Å². The zero-order valence-corrected chi connectivity index (χ0v) is 13.5. The van der Waals surface area contributed by atoms with Gasteiger partial charge >= 0.3 is 0 Å². The van der Waals surface area contributed by atoms with Gasteiger partial charge in [-0.05, 0) is 68.3 Å². The van der Waals surface area contributed by atoms with E-state index < -0.39 is 0 Å². The Morgan fingerprint density at radius 2 is 1.79 bits per heavy atom. The predicted octanol–water partition coefficient (Wildman–Crippen LogP) is 4.70. The lowest BCUT2D eigenvalue weighted by atomic mass is 10.2. The summed E-state index contributed by atoms with van der Waals surface area (Å²) in [7, 11) is 0. The highest BCUT2D eigenvalue weighted by molar-refractivity contribution is 9.11. The summed E-state index contributed by atoms with van der Waals surface area (Å²) in [4.78, 5) is 12.1. The second kappa shape index (κ2) is 5.94. The van der Waals surface area contributed by atoms with Crippen LogP contribution in [0.25, 0.3) is 0 Å². The van der Waals surface area contributed by atoms with Crippen LogP contribution < -0.4 is 11.1 Å². The third-order valence-corrected chi connectivity index (χ3v) is 4.34. The van der Waals surface area contributed by atoms with Crippen molar-refractivity contribution >= 4 is 60.7 Å². The average molecular weight is 404 g/mol. The number of carbonyl (C=O) groups excluding carboxylic acids is 1. The Morgan fingerprint density at radius 3 is 2.47 bits per heavy atom. The van der Waals surface area contributed by atoms with Crippen molar-refractivity contribution in [3.63, 3.8) is 0 Å². The molecule has 2 aromatic rings. The molecule has 0 fully saturated rings. The van der Waals surface area contributed by atoms with Crippen molar-refractivity contribution in [3.8, 4) is 0 Å². The molecule has 2 aromatic carbocycles.